The lowest BCUT2D eigenvalue weighted by Gasteiger charge is -2.16. The number of carbonyl (C=O) groups is 4. The minimum absolute atomic E-state index is 0.0440. The van der Waals surface area contributed by atoms with Crippen molar-refractivity contribution in [3.63, 3.8) is 0 Å². The third-order valence-corrected chi connectivity index (χ3v) is 5.39. The van der Waals surface area contributed by atoms with Gasteiger partial charge >= 0.3 is 0 Å². The molecule has 2 aromatic carbocycles. The number of quaternary nitrogens is 1. The van der Waals surface area contributed by atoms with Gasteiger partial charge in [-0.3, -0.25) is 29.0 Å². The van der Waals surface area contributed by atoms with Crippen molar-refractivity contribution < 1.29 is 24.5 Å². The summed E-state index contributed by atoms with van der Waals surface area (Å²) >= 11 is 0. The van der Waals surface area contributed by atoms with E-state index in [4.69, 9.17) is 0 Å². The molecule has 0 spiro atoms. The van der Waals surface area contributed by atoms with Gasteiger partial charge in [0.2, 0.25) is 11.8 Å². The molecule has 2 atom stereocenters. The molecule has 148 valence electrons. The molecule has 0 bridgehead atoms. The Labute approximate surface area is 168 Å². The molecule has 29 heavy (non-hydrogen) atoms. The number of amides is 4. The summed E-state index contributed by atoms with van der Waals surface area (Å²) in [6, 6.07) is 17.3. The van der Waals surface area contributed by atoms with Crippen molar-refractivity contribution in [2.75, 3.05) is 0 Å². The number of imide groups is 2. The highest BCUT2D eigenvalue weighted by Crippen LogP contribution is 2.18. The fourth-order valence-electron chi connectivity index (χ4n) is 3.86. The van der Waals surface area contributed by atoms with E-state index in [1.54, 1.807) is 5.32 Å². The SMILES string of the molecule is O=C1C[C@@H]([NH2+][C@@H]2CC(=O)N(Cc3ccccc3)C2=O)C(=O)N1Cc1ccccc1. The summed E-state index contributed by atoms with van der Waals surface area (Å²) in [5.41, 5.74) is 1.74. The van der Waals surface area contributed by atoms with E-state index in [0.29, 0.717) is 0 Å². The van der Waals surface area contributed by atoms with E-state index >= 15 is 0 Å². The maximum absolute atomic E-state index is 12.7. The molecule has 0 unspecified atom stereocenters. The lowest BCUT2D eigenvalue weighted by molar-refractivity contribution is -0.694. The fourth-order valence-corrected chi connectivity index (χ4v) is 3.86. The first-order valence-electron chi connectivity index (χ1n) is 9.64. The van der Waals surface area contributed by atoms with Crippen LogP contribution in [0.2, 0.25) is 0 Å². The summed E-state index contributed by atoms with van der Waals surface area (Å²) in [7, 11) is 0. The smallest absolute Gasteiger partial charge is 0.288 e. The molecule has 0 saturated carbocycles. The molecule has 7 nitrogen and oxygen atoms in total. The van der Waals surface area contributed by atoms with Gasteiger partial charge in [0.15, 0.2) is 12.1 Å². The van der Waals surface area contributed by atoms with Crippen LogP contribution >= 0.6 is 0 Å². The predicted octanol–water partition coefficient (Wildman–Crippen LogP) is 0.205. The molecule has 2 aliphatic heterocycles. The van der Waals surface area contributed by atoms with E-state index in [1.807, 2.05) is 60.7 Å². The van der Waals surface area contributed by atoms with Gasteiger partial charge < -0.3 is 5.32 Å². The molecule has 0 aromatic heterocycles. The predicted molar refractivity (Wildman–Crippen MR) is 103 cm³/mol. The summed E-state index contributed by atoms with van der Waals surface area (Å²) in [5, 5.41) is 1.59. The zero-order valence-electron chi connectivity index (χ0n) is 15.9. The summed E-state index contributed by atoms with van der Waals surface area (Å²) < 4.78 is 0. The molecule has 2 aliphatic rings. The quantitative estimate of drug-likeness (QED) is 0.712. The van der Waals surface area contributed by atoms with Gasteiger partial charge in [-0.25, -0.2) is 0 Å². The van der Waals surface area contributed by atoms with Crippen LogP contribution in [0.5, 0.6) is 0 Å². The van der Waals surface area contributed by atoms with Crippen molar-refractivity contribution in [1.29, 1.82) is 0 Å². The Balaban J connectivity index is 1.40. The highest BCUT2D eigenvalue weighted by molar-refractivity contribution is 6.06. The van der Waals surface area contributed by atoms with Gasteiger partial charge in [0, 0.05) is 0 Å². The van der Waals surface area contributed by atoms with Gasteiger partial charge in [-0.05, 0) is 11.1 Å². The van der Waals surface area contributed by atoms with Crippen molar-refractivity contribution in [1.82, 2.24) is 9.80 Å². The molecular formula is C22H22N3O4+. The summed E-state index contributed by atoms with van der Waals surface area (Å²) in [6.45, 7) is 0.445. The molecule has 4 rings (SSSR count). The third-order valence-electron chi connectivity index (χ3n) is 5.39. The van der Waals surface area contributed by atoms with Crippen molar-refractivity contribution >= 4 is 23.6 Å². The van der Waals surface area contributed by atoms with Crippen molar-refractivity contribution in [3.8, 4) is 0 Å². The van der Waals surface area contributed by atoms with E-state index in [-0.39, 0.29) is 49.6 Å². The van der Waals surface area contributed by atoms with Crippen molar-refractivity contribution in [2.45, 2.75) is 38.0 Å². The van der Waals surface area contributed by atoms with Crippen molar-refractivity contribution in [2.24, 2.45) is 0 Å². The van der Waals surface area contributed by atoms with E-state index in [0.717, 1.165) is 11.1 Å². The van der Waals surface area contributed by atoms with Gasteiger partial charge in [0.05, 0.1) is 25.9 Å². The lowest BCUT2D eigenvalue weighted by Crippen LogP contribution is -2.97. The first kappa shape index (κ1) is 19.0. The first-order valence-corrected chi connectivity index (χ1v) is 9.64. The monoisotopic (exact) mass is 392 g/mol. The number of rotatable bonds is 6. The maximum Gasteiger partial charge on any atom is 0.288 e. The fraction of sp³-hybridized carbons (Fsp3) is 0.273. The highest BCUT2D eigenvalue weighted by Gasteiger charge is 2.48. The maximum atomic E-state index is 12.7. The van der Waals surface area contributed by atoms with Gasteiger partial charge in [0.1, 0.15) is 0 Å². The van der Waals surface area contributed by atoms with Crippen LogP contribution in [-0.4, -0.2) is 45.5 Å². The third kappa shape index (κ3) is 3.95. The second kappa shape index (κ2) is 7.97. The van der Waals surface area contributed by atoms with Crippen LogP contribution < -0.4 is 5.32 Å². The number of nitrogens with two attached hydrogens (primary N) is 1. The van der Waals surface area contributed by atoms with Crippen LogP contribution in [-0.2, 0) is 32.3 Å². The van der Waals surface area contributed by atoms with E-state index in [9.17, 15) is 19.2 Å². The van der Waals surface area contributed by atoms with Crippen LogP contribution in [0.1, 0.15) is 24.0 Å². The number of benzene rings is 2. The molecule has 7 heteroatoms. The largest absolute Gasteiger partial charge is 0.325 e. The Hall–Kier alpha value is -3.32. The average Bonchev–Trinajstić information content (AvgIpc) is 3.14. The Bertz CT molecular complexity index is 868. The summed E-state index contributed by atoms with van der Waals surface area (Å²) in [4.78, 5) is 52.6. The minimum atomic E-state index is -0.662. The molecule has 0 radical (unpaired) electrons. The van der Waals surface area contributed by atoms with Gasteiger partial charge in [-0.2, -0.15) is 0 Å². The zero-order chi connectivity index (χ0) is 20.4. The van der Waals surface area contributed by atoms with E-state index < -0.39 is 12.1 Å². The molecular weight excluding hydrogens is 370 g/mol. The standard InChI is InChI=1S/C22H21N3O4/c26-19-11-17(21(28)24(19)13-15-7-3-1-4-8-15)23-18-12-20(27)25(22(18)29)14-16-9-5-2-6-10-16/h1-10,17-18,23H,11-14H2/p+1/t17-,18-/m1/s1. The van der Waals surface area contributed by atoms with Crippen LogP contribution in [0, 0.1) is 0 Å². The molecule has 4 amide bonds. The number of likely N-dealkylation sites (tertiary alicyclic amines) is 2. The zero-order valence-corrected chi connectivity index (χ0v) is 15.9. The minimum Gasteiger partial charge on any atom is -0.325 e. The van der Waals surface area contributed by atoms with E-state index in [2.05, 4.69) is 0 Å². The average molecular weight is 392 g/mol. The van der Waals surface area contributed by atoms with Gasteiger partial charge in [-0.1, -0.05) is 60.7 Å². The Morgan fingerprint density at radius 1 is 0.655 bits per heavy atom. The Kier molecular flexibility index (Phi) is 5.22. The number of hydrogen-bond donors (Lipinski definition) is 1. The topological polar surface area (TPSA) is 91.4 Å². The molecule has 2 fully saturated rings. The summed E-state index contributed by atoms with van der Waals surface area (Å²) in [5.74, 6) is -1.11. The van der Waals surface area contributed by atoms with E-state index in [1.165, 1.54) is 9.80 Å². The molecule has 2 aromatic rings. The highest BCUT2D eigenvalue weighted by atomic mass is 16.2. The Morgan fingerprint density at radius 3 is 1.41 bits per heavy atom. The lowest BCUT2D eigenvalue weighted by atomic mass is 10.1. The molecule has 2 saturated heterocycles. The summed E-state index contributed by atoms with van der Waals surface area (Å²) in [6.07, 6.45) is 0.0879. The van der Waals surface area contributed by atoms with Crippen LogP contribution in [0.25, 0.3) is 0 Å². The number of hydrogen-bond acceptors (Lipinski definition) is 4. The first-order chi connectivity index (χ1) is 14.0. The normalized spacial score (nSPS) is 22.1. The van der Waals surface area contributed by atoms with Crippen LogP contribution in [0.15, 0.2) is 60.7 Å². The second-order valence-electron chi connectivity index (χ2n) is 7.42. The van der Waals surface area contributed by atoms with Gasteiger partial charge in [0.25, 0.3) is 11.8 Å². The van der Waals surface area contributed by atoms with Crippen molar-refractivity contribution in [3.05, 3.63) is 71.8 Å². The van der Waals surface area contributed by atoms with Gasteiger partial charge in [-0.15, -0.1) is 0 Å². The molecule has 2 heterocycles. The number of carbonyl (C=O) groups excluding carboxylic acids is 4. The molecule has 0 aliphatic carbocycles. The Morgan fingerprint density at radius 2 is 1.03 bits per heavy atom. The molecule has 2 N–H and O–H groups in total. The van der Waals surface area contributed by atoms with Crippen LogP contribution in [0.3, 0.4) is 0 Å². The van der Waals surface area contributed by atoms with Crippen LogP contribution in [0.4, 0.5) is 0 Å². The second-order valence-corrected chi connectivity index (χ2v) is 7.42. The number of nitrogens with zero attached hydrogens (tertiary/aromatic N) is 2.